The van der Waals surface area contributed by atoms with E-state index in [1.807, 2.05) is 0 Å². The first-order valence-electron chi connectivity index (χ1n) is 4.52. The summed E-state index contributed by atoms with van der Waals surface area (Å²) in [6.45, 7) is 4.48. The Morgan fingerprint density at radius 3 is 2.92 bits per heavy atom. The summed E-state index contributed by atoms with van der Waals surface area (Å²) < 4.78 is 4.86. The second kappa shape index (κ2) is 4.84. The largest absolute Gasteiger partial charge is 0.449 e. The highest BCUT2D eigenvalue weighted by Gasteiger charge is 2.27. The minimum Gasteiger partial charge on any atom is -0.449 e. The van der Waals surface area contributed by atoms with Gasteiger partial charge in [-0.1, -0.05) is 13.3 Å². The van der Waals surface area contributed by atoms with Gasteiger partial charge in [0.15, 0.2) is 0 Å². The fourth-order valence-corrected chi connectivity index (χ4v) is 1.18. The molecule has 4 nitrogen and oxygen atoms in total. The smallest absolute Gasteiger partial charge is 0.416 e. The van der Waals surface area contributed by atoms with Gasteiger partial charge < -0.3 is 4.74 Å². The number of likely N-dealkylation sites (tertiary alicyclic amines) is 1. The van der Waals surface area contributed by atoms with Crippen molar-refractivity contribution < 1.29 is 14.3 Å². The molecule has 2 amide bonds. The lowest BCUT2D eigenvalue weighted by molar-refractivity contribution is -0.126. The van der Waals surface area contributed by atoms with Crippen LogP contribution in [0.5, 0.6) is 0 Å². The Hall–Kier alpha value is -1.06. The maximum Gasteiger partial charge on any atom is 0.416 e. The lowest BCUT2D eigenvalue weighted by Crippen LogP contribution is -2.32. The van der Waals surface area contributed by atoms with E-state index < -0.39 is 6.09 Å². The van der Waals surface area contributed by atoms with Gasteiger partial charge in [0.2, 0.25) is 5.91 Å². The van der Waals surface area contributed by atoms with E-state index in [9.17, 15) is 9.59 Å². The van der Waals surface area contributed by atoms with Gasteiger partial charge in [-0.2, -0.15) is 0 Å². The summed E-state index contributed by atoms with van der Waals surface area (Å²) in [5, 5.41) is 0. The first-order valence-corrected chi connectivity index (χ1v) is 4.52. The van der Waals surface area contributed by atoms with E-state index in [1.165, 1.54) is 4.90 Å². The number of ether oxygens (including phenoxy) is 1. The van der Waals surface area contributed by atoms with Crippen molar-refractivity contribution in [3.05, 3.63) is 6.92 Å². The third kappa shape index (κ3) is 2.72. The molecule has 0 aromatic carbocycles. The number of carbonyl (C=O) groups is 2. The first kappa shape index (κ1) is 10.0. The van der Waals surface area contributed by atoms with Crippen molar-refractivity contribution in [1.82, 2.24) is 4.90 Å². The van der Waals surface area contributed by atoms with Gasteiger partial charge in [0, 0.05) is 13.0 Å². The van der Waals surface area contributed by atoms with Crippen LogP contribution in [0.1, 0.15) is 25.7 Å². The van der Waals surface area contributed by atoms with E-state index >= 15 is 0 Å². The number of hydrogen-bond donors (Lipinski definition) is 0. The predicted octanol–water partition coefficient (Wildman–Crippen LogP) is 1.36. The summed E-state index contributed by atoms with van der Waals surface area (Å²) in [5.74, 6) is -0.125. The molecule has 1 radical (unpaired) electrons. The van der Waals surface area contributed by atoms with Crippen LogP contribution in [-0.2, 0) is 9.53 Å². The quantitative estimate of drug-likeness (QED) is 0.622. The number of rotatable bonds is 3. The Balaban J connectivity index is 2.26. The average molecular weight is 184 g/mol. The molecule has 1 saturated heterocycles. The highest BCUT2D eigenvalue weighted by atomic mass is 16.6. The molecule has 1 aliphatic rings. The van der Waals surface area contributed by atoms with Gasteiger partial charge in [0.1, 0.15) is 0 Å². The van der Waals surface area contributed by atoms with Gasteiger partial charge in [0.05, 0.1) is 6.61 Å². The molecule has 0 N–H and O–H groups in total. The van der Waals surface area contributed by atoms with E-state index in [1.54, 1.807) is 0 Å². The van der Waals surface area contributed by atoms with Crippen LogP contribution in [-0.4, -0.2) is 30.1 Å². The van der Waals surface area contributed by atoms with Gasteiger partial charge in [0.25, 0.3) is 0 Å². The maximum absolute atomic E-state index is 11.2. The Morgan fingerprint density at radius 2 is 2.38 bits per heavy atom. The minimum absolute atomic E-state index is 0.125. The SMILES string of the molecule is [CH2]CCCOC(=O)N1CCCC1=O. The van der Waals surface area contributed by atoms with Gasteiger partial charge in [-0.3, -0.25) is 4.79 Å². The van der Waals surface area contributed by atoms with Gasteiger partial charge >= 0.3 is 6.09 Å². The molecule has 0 aromatic heterocycles. The van der Waals surface area contributed by atoms with Crippen LogP contribution < -0.4 is 0 Å². The number of amides is 2. The molecule has 73 valence electrons. The lowest BCUT2D eigenvalue weighted by atomic mass is 10.4. The Bertz CT molecular complexity index is 203. The summed E-state index contributed by atoms with van der Waals surface area (Å²) in [6.07, 6.45) is 2.19. The first-order chi connectivity index (χ1) is 6.25. The molecule has 0 aliphatic carbocycles. The Kier molecular flexibility index (Phi) is 3.73. The number of nitrogens with zero attached hydrogens (tertiary/aromatic N) is 1. The molecule has 0 atom stereocenters. The normalized spacial score (nSPS) is 16.4. The topological polar surface area (TPSA) is 46.6 Å². The number of unbranched alkanes of at least 4 members (excludes halogenated alkanes) is 1. The van der Waals surface area contributed by atoms with E-state index in [2.05, 4.69) is 6.92 Å². The Morgan fingerprint density at radius 1 is 1.62 bits per heavy atom. The summed E-state index contributed by atoms with van der Waals surface area (Å²) in [4.78, 5) is 23.4. The minimum atomic E-state index is -0.504. The molecule has 0 spiro atoms. The molecule has 1 heterocycles. The van der Waals surface area contributed by atoms with E-state index in [-0.39, 0.29) is 5.91 Å². The van der Waals surface area contributed by atoms with Gasteiger partial charge in [-0.25, -0.2) is 9.69 Å². The van der Waals surface area contributed by atoms with Crippen LogP contribution >= 0.6 is 0 Å². The molecule has 1 aliphatic heterocycles. The highest BCUT2D eigenvalue weighted by molar-refractivity contribution is 5.93. The average Bonchev–Trinajstić information content (AvgIpc) is 2.52. The van der Waals surface area contributed by atoms with E-state index in [4.69, 9.17) is 4.74 Å². The maximum atomic E-state index is 11.2. The lowest BCUT2D eigenvalue weighted by Gasteiger charge is -2.12. The van der Waals surface area contributed by atoms with Crippen LogP contribution in [0.25, 0.3) is 0 Å². The zero-order valence-electron chi connectivity index (χ0n) is 7.62. The molecular formula is C9H14NO3. The van der Waals surface area contributed by atoms with Crippen LogP contribution in [0, 0.1) is 6.92 Å². The molecular weight excluding hydrogens is 170 g/mol. The molecule has 1 rings (SSSR count). The van der Waals surface area contributed by atoms with Crippen LogP contribution in [0.4, 0.5) is 4.79 Å². The van der Waals surface area contributed by atoms with Crippen LogP contribution in [0.2, 0.25) is 0 Å². The molecule has 1 fully saturated rings. The summed E-state index contributed by atoms with van der Waals surface area (Å²) in [5.41, 5.74) is 0. The monoisotopic (exact) mass is 184 g/mol. The molecule has 0 aromatic rings. The fourth-order valence-electron chi connectivity index (χ4n) is 1.18. The van der Waals surface area contributed by atoms with Crippen molar-refractivity contribution >= 4 is 12.0 Å². The second-order valence-electron chi connectivity index (χ2n) is 2.97. The van der Waals surface area contributed by atoms with Crippen LogP contribution in [0.3, 0.4) is 0 Å². The summed E-state index contributed by atoms with van der Waals surface area (Å²) in [6, 6.07) is 0. The standard InChI is InChI=1S/C9H14NO3/c1-2-3-7-13-9(12)10-6-4-5-8(10)11/h1-7H2. The number of imide groups is 1. The van der Waals surface area contributed by atoms with Gasteiger partial charge in [-0.15, -0.1) is 0 Å². The van der Waals surface area contributed by atoms with Crippen molar-refractivity contribution in [2.45, 2.75) is 25.7 Å². The third-order valence-electron chi connectivity index (χ3n) is 1.91. The molecule has 0 unspecified atom stereocenters. The van der Waals surface area contributed by atoms with Crippen molar-refractivity contribution in [1.29, 1.82) is 0 Å². The Labute approximate surface area is 77.8 Å². The number of carbonyl (C=O) groups excluding carboxylic acids is 2. The highest BCUT2D eigenvalue weighted by Crippen LogP contribution is 2.10. The zero-order chi connectivity index (χ0) is 9.68. The summed E-state index contributed by atoms with van der Waals surface area (Å²) in [7, 11) is 0. The fraction of sp³-hybridized carbons (Fsp3) is 0.667. The van der Waals surface area contributed by atoms with Crippen molar-refractivity contribution in [2.75, 3.05) is 13.2 Å². The molecule has 13 heavy (non-hydrogen) atoms. The van der Waals surface area contributed by atoms with E-state index in [0.29, 0.717) is 19.6 Å². The van der Waals surface area contributed by atoms with Crippen molar-refractivity contribution in [2.24, 2.45) is 0 Å². The molecule has 0 saturated carbocycles. The number of hydrogen-bond acceptors (Lipinski definition) is 3. The predicted molar refractivity (Wildman–Crippen MR) is 46.9 cm³/mol. The third-order valence-corrected chi connectivity index (χ3v) is 1.91. The second-order valence-corrected chi connectivity index (χ2v) is 2.97. The van der Waals surface area contributed by atoms with Crippen LogP contribution in [0.15, 0.2) is 0 Å². The molecule has 0 bridgehead atoms. The zero-order valence-corrected chi connectivity index (χ0v) is 7.62. The molecule has 4 heteroatoms. The van der Waals surface area contributed by atoms with Crippen molar-refractivity contribution in [3.63, 3.8) is 0 Å². The van der Waals surface area contributed by atoms with Crippen molar-refractivity contribution in [3.8, 4) is 0 Å². The van der Waals surface area contributed by atoms with E-state index in [0.717, 1.165) is 19.3 Å². The van der Waals surface area contributed by atoms with Gasteiger partial charge in [-0.05, 0) is 12.8 Å². The summed E-state index contributed by atoms with van der Waals surface area (Å²) >= 11 is 0.